The standard InChI is InChI=1S/C14H15F2NO4/c1-8(9(2)13(19)20)12(18)17-7-10-3-5-11(6-4-10)21-14(15)16/h3-6,14H,7H2,1-2H3,(H,17,18)(H,19,20). The second-order valence-electron chi connectivity index (χ2n) is 4.26. The molecule has 0 radical (unpaired) electrons. The summed E-state index contributed by atoms with van der Waals surface area (Å²) < 4.78 is 28.1. The summed E-state index contributed by atoms with van der Waals surface area (Å²) >= 11 is 0. The second kappa shape index (κ2) is 7.37. The first kappa shape index (κ1) is 16.6. The molecular weight excluding hydrogens is 284 g/mol. The van der Waals surface area contributed by atoms with Crippen molar-refractivity contribution in [2.45, 2.75) is 27.0 Å². The predicted molar refractivity (Wildman–Crippen MR) is 70.9 cm³/mol. The van der Waals surface area contributed by atoms with Crippen LogP contribution in [0.1, 0.15) is 19.4 Å². The third kappa shape index (κ3) is 5.21. The number of carbonyl (C=O) groups excluding carboxylic acids is 1. The van der Waals surface area contributed by atoms with Gasteiger partial charge in [0, 0.05) is 17.7 Å². The van der Waals surface area contributed by atoms with Crippen molar-refractivity contribution in [3.05, 3.63) is 41.0 Å². The number of carbonyl (C=O) groups is 2. The number of nitrogens with one attached hydrogen (secondary N) is 1. The number of aliphatic carboxylic acids is 1. The molecule has 1 amide bonds. The van der Waals surface area contributed by atoms with E-state index in [4.69, 9.17) is 5.11 Å². The maximum atomic E-state index is 12.0. The minimum absolute atomic E-state index is 0.0258. The van der Waals surface area contributed by atoms with E-state index in [2.05, 4.69) is 10.1 Å². The van der Waals surface area contributed by atoms with E-state index in [9.17, 15) is 18.4 Å². The lowest BCUT2D eigenvalue weighted by Crippen LogP contribution is -2.25. The van der Waals surface area contributed by atoms with Gasteiger partial charge in [-0.3, -0.25) is 4.79 Å². The molecule has 21 heavy (non-hydrogen) atoms. The molecule has 0 aliphatic heterocycles. The Morgan fingerprint density at radius 1 is 1.19 bits per heavy atom. The number of alkyl halides is 2. The summed E-state index contributed by atoms with van der Waals surface area (Å²) in [7, 11) is 0. The third-order valence-electron chi connectivity index (χ3n) is 2.83. The first-order valence-electron chi connectivity index (χ1n) is 6.04. The van der Waals surface area contributed by atoms with Gasteiger partial charge in [0.1, 0.15) is 5.75 Å². The molecule has 0 aliphatic rings. The molecule has 2 N–H and O–H groups in total. The second-order valence-corrected chi connectivity index (χ2v) is 4.26. The van der Waals surface area contributed by atoms with E-state index < -0.39 is 18.5 Å². The van der Waals surface area contributed by atoms with Crippen LogP contribution in [0.4, 0.5) is 8.78 Å². The average Bonchev–Trinajstić information content (AvgIpc) is 2.43. The van der Waals surface area contributed by atoms with Crippen LogP contribution in [-0.2, 0) is 16.1 Å². The molecule has 0 unspecified atom stereocenters. The van der Waals surface area contributed by atoms with Crippen LogP contribution in [0.5, 0.6) is 5.75 Å². The summed E-state index contributed by atoms with van der Waals surface area (Å²) in [6.07, 6.45) is 0. The zero-order chi connectivity index (χ0) is 16.0. The molecule has 0 bridgehead atoms. The molecule has 1 aromatic carbocycles. The number of hydrogen-bond acceptors (Lipinski definition) is 3. The molecule has 114 valence electrons. The number of ether oxygens (including phenoxy) is 1. The Morgan fingerprint density at radius 3 is 2.24 bits per heavy atom. The van der Waals surface area contributed by atoms with Crippen LogP contribution >= 0.6 is 0 Å². The topological polar surface area (TPSA) is 75.6 Å². The zero-order valence-corrected chi connectivity index (χ0v) is 11.5. The van der Waals surface area contributed by atoms with Crippen LogP contribution in [0.25, 0.3) is 0 Å². The van der Waals surface area contributed by atoms with Gasteiger partial charge in [-0.1, -0.05) is 12.1 Å². The normalized spacial score (nSPS) is 11.9. The number of amides is 1. The lowest BCUT2D eigenvalue weighted by atomic mass is 10.1. The minimum Gasteiger partial charge on any atom is -0.478 e. The van der Waals surface area contributed by atoms with Gasteiger partial charge in [0.15, 0.2) is 0 Å². The van der Waals surface area contributed by atoms with Gasteiger partial charge in [0.2, 0.25) is 5.91 Å². The highest BCUT2D eigenvalue weighted by Gasteiger charge is 2.12. The van der Waals surface area contributed by atoms with Crippen molar-refractivity contribution >= 4 is 11.9 Å². The molecule has 0 spiro atoms. The Hall–Kier alpha value is -2.44. The highest BCUT2D eigenvalue weighted by molar-refractivity contribution is 6.01. The molecule has 1 aromatic rings. The van der Waals surface area contributed by atoms with Gasteiger partial charge in [-0.05, 0) is 31.5 Å². The maximum absolute atomic E-state index is 12.0. The van der Waals surface area contributed by atoms with Crippen molar-refractivity contribution in [3.8, 4) is 5.75 Å². The maximum Gasteiger partial charge on any atom is 0.387 e. The smallest absolute Gasteiger partial charge is 0.387 e. The molecular formula is C14H15F2NO4. The van der Waals surface area contributed by atoms with Gasteiger partial charge in [0.25, 0.3) is 0 Å². The summed E-state index contributed by atoms with van der Waals surface area (Å²) in [6.45, 7) is 0.0201. The van der Waals surface area contributed by atoms with Crippen LogP contribution < -0.4 is 10.1 Å². The van der Waals surface area contributed by atoms with E-state index in [1.54, 1.807) is 0 Å². The van der Waals surface area contributed by atoms with Crippen molar-refractivity contribution in [2.75, 3.05) is 0 Å². The first-order valence-corrected chi connectivity index (χ1v) is 6.04. The van der Waals surface area contributed by atoms with E-state index in [0.29, 0.717) is 5.56 Å². The molecule has 0 saturated carbocycles. The zero-order valence-electron chi connectivity index (χ0n) is 11.5. The Kier molecular flexibility index (Phi) is 5.83. The number of rotatable bonds is 6. The molecule has 0 saturated heterocycles. The predicted octanol–water partition coefficient (Wildman–Crippen LogP) is 2.33. The number of carboxylic acid groups (broad SMARTS) is 1. The summed E-state index contributed by atoms with van der Waals surface area (Å²) in [5.74, 6) is -1.63. The van der Waals surface area contributed by atoms with E-state index in [1.165, 1.54) is 38.1 Å². The highest BCUT2D eigenvalue weighted by atomic mass is 19.3. The van der Waals surface area contributed by atoms with Gasteiger partial charge in [-0.2, -0.15) is 8.78 Å². The first-order chi connectivity index (χ1) is 9.81. The van der Waals surface area contributed by atoms with E-state index in [-0.39, 0.29) is 23.4 Å². The summed E-state index contributed by atoms with van der Waals surface area (Å²) in [5.41, 5.74) is 0.749. The van der Waals surface area contributed by atoms with Gasteiger partial charge < -0.3 is 15.2 Å². The van der Waals surface area contributed by atoms with Crippen LogP contribution in [0.3, 0.4) is 0 Å². The molecule has 0 aromatic heterocycles. The van der Waals surface area contributed by atoms with E-state index in [1.807, 2.05) is 0 Å². The summed E-state index contributed by atoms with van der Waals surface area (Å²) in [5, 5.41) is 11.3. The van der Waals surface area contributed by atoms with E-state index in [0.717, 1.165) is 0 Å². The summed E-state index contributed by atoms with van der Waals surface area (Å²) in [6, 6.07) is 5.78. The molecule has 0 heterocycles. The van der Waals surface area contributed by atoms with Crippen LogP contribution in [0.2, 0.25) is 0 Å². The molecule has 1 rings (SSSR count). The Balaban J connectivity index is 2.61. The van der Waals surface area contributed by atoms with Gasteiger partial charge in [-0.15, -0.1) is 0 Å². The number of carboxylic acids is 1. The Morgan fingerprint density at radius 2 is 1.76 bits per heavy atom. The summed E-state index contributed by atoms with van der Waals surface area (Å²) in [4.78, 5) is 22.5. The third-order valence-corrected chi connectivity index (χ3v) is 2.83. The number of benzene rings is 1. The van der Waals surface area contributed by atoms with Crippen LogP contribution in [0, 0.1) is 0 Å². The number of halogens is 2. The molecule has 7 heteroatoms. The van der Waals surface area contributed by atoms with E-state index >= 15 is 0 Å². The van der Waals surface area contributed by atoms with Crippen molar-refractivity contribution in [1.82, 2.24) is 5.32 Å². The fourth-order valence-corrected chi connectivity index (χ4v) is 1.43. The van der Waals surface area contributed by atoms with Crippen molar-refractivity contribution in [2.24, 2.45) is 0 Å². The molecule has 0 atom stereocenters. The van der Waals surface area contributed by atoms with Gasteiger partial charge in [-0.25, -0.2) is 4.79 Å². The average molecular weight is 299 g/mol. The quantitative estimate of drug-likeness (QED) is 0.790. The fraction of sp³-hybridized carbons (Fsp3) is 0.286. The molecule has 0 aliphatic carbocycles. The van der Waals surface area contributed by atoms with Gasteiger partial charge >= 0.3 is 12.6 Å². The van der Waals surface area contributed by atoms with Crippen LogP contribution in [0.15, 0.2) is 35.4 Å². The minimum atomic E-state index is -2.89. The Labute approximate surface area is 120 Å². The van der Waals surface area contributed by atoms with Crippen molar-refractivity contribution in [1.29, 1.82) is 0 Å². The van der Waals surface area contributed by atoms with Crippen molar-refractivity contribution < 1.29 is 28.2 Å². The molecule has 5 nitrogen and oxygen atoms in total. The Bertz CT molecular complexity index is 553. The lowest BCUT2D eigenvalue weighted by Gasteiger charge is -2.08. The highest BCUT2D eigenvalue weighted by Crippen LogP contribution is 2.15. The largest absolute Gasteiger partial charge is 0.478 e. The lowest BCUT2D eigenvalue weighted by molar-refractivity contribution is -0.133. The molecule has 0 fully saturated rings. The fourth-order valence-electron chi connectivity index (χ4n) is 1.43. The van der Waals surface area contributed by atoms with Crippen molar-refractivity contribution in [3.63, 3.8) is 0 Å². The van der Waals surface area contributed by atoms with Crippen LogP contribution in [-0.4, -0.2) is 23.6 Å². The monoisotopic (exact) mass is 299 g/mol. The SMILES string of the molecule is CC(C(=O)O)=C(C)C(=O)NCc1ccc(OC(F)F)cc1. The number of hydrogen-bond donors (Lipinski definition) is 2. The van der Waals surface area contributed by atoms with Gasteiger partial charge in [0.05, 0.1) is 0 Å².